The largest absolute Gasteiger partial charge is 0.494 e. The topological polar surface area (TPSA) is 41.6 Å². The lowest BCUT2D eigenvalue weighted by Crippen LogP contribution is -2.36. The molecule has 0 saturated carbocycles. The maximum atomic E-state index is 12.2. The van der Waals surface area contributed by atoms with Gasteiger partial charge < -0.3 is 10.1 Å². The average molecular weight is 332 g/mol. The molecule has 1 aromatic carbocycles. The molecule has 1 fully saturated rings. The van der Waals surface area contributed by atoms with E-state index >= 15 is 0 Å². The zero-order valence-electron chi connectivity index (χ0n) is 15.1. The van der Waals surface area contributed by atoms with E-state index in [1.54, 1.807) is 0 Å². The average Bonchev–Trinajstić information content (AvgIpc) is 2.59. The highest BCUT2D eigenvalue weighted by Gasteiger charge is 2.13. The van der Waals surface area contributed by atoms with Gasteiger partial charge in [0.05, 0.1) is 13.2 Å². The summed E-state index contributed by atoms with van der Waals surface area (Å²) in [4.78, 5) is 14.4. The summed E-state index contributed by atoms with van der Waals surface area (Å²) in [5.41, 5.74) is 0.820. The fourth-order valence-corrected chi connectivity index (χ4v) is 3.08. The first-order chi connectivity index (χ1) is 11.8. The van der Waals surface area contributed by atoms with Gasteiger partial charge in [-0.2, -0.15) is 0 Å². The molecule has 0 aromatic heterocycles. The Labute approximate surface area is 146 Å². The fraction of sp³-hybridized carbons (Fsp3) is 0.650. The van der Waals surface area contributed by atoms with Crippen molar-refractivity contribution < 1.29 is 9.53 Å². The minimum absolute atomic E-state index is 0.0635. The van der Waals surface area contributed by atoms with Crippen LogP contribution in [0.1, 0.15) is 58.3 Å². The van der Waals surface area contributed by atoms with E-state index in [0.29, 0.717) is 6.54 Å². The Hall–Kier alpha value is -1.55. The van der Waals surface area contributed by atoms with Crippen molar-refractivity contribution in [3.05, 3.63) is 24.3 Å². The Balaban J connectivity index is 1.70. The number of nitrogens with zero attached hydrogens (tertiary/aromatic N) is 1. The number of anilines is 1. The van der Waals surface area contributed by atoms with Gasteiger partial charge in [-0.25, -0.2) is 0 Å². The molecule has 1 aliphatic rings. The summed E-state index contributed by atoms with van der Waals surface area (Å²) in [6, 6.07) is 7.72. The van der Waals surface area contributed by atoms with E-state index in [-0.39, 0.29) is 5.91 Å². The molecule has 0 aliphatic carbocycles. The SMILES string of the molecule is CCCCCCCOc1cccc(NC(=O)CN2CCCCC2)c1. The summed E-state index contributed by atoms with van der Waals surface area (Å²) < 4.78 is 5.80. The van der Waals surface area contributed by atoms with Gasteiger partial charge in [-0.05, 0) is 44.5 Å². The number of hydrogen-bond acceptors (Lipinski definition) is 3. The molecule has 4 heteroatoms. The first-order valence-corrected chi connectivity index (χ1v) is 9.53. The molecule has 1 heterocycles. The Morgan fingerprint density at radius 3 is 2.71 bits per heavy atom. The van der Waals surface area contributed by atoms with Gasteiger partial charge >= 0.3 is 0 Å². The Morgan fingerprint density at radius 2 is 1.92 bits per heavy atom. The Kier molecular flexibility index (Phi) is 8.67. The highest BCUT2D eigenvalue weighted by molar-refractivity contribution is 5.92. The first-order valence-electron chi connectivity index (χ1n) is 9.53. The van der Waals surface area contributed by atoms with Crippen LogP contribution in [0.3, 0.4) is 0 Å². The lowest BCUT2D eigenvalue weighted by molar-refractivity contribution is -0.117. The van der Waals surface area contributed by atoms with Crippen molar-refractivity contribution in [1.82, 2.24) is 4.90 Å². The molecule has 1 N–H and O–H groups in total. The Morgan fingerprint density at radius 1 is 1.12 bits per heavy atom. The van der Waals surface area contributed by atoms with Gasteiger partial charge in [0, 0.05) is 11.8 Å². The van der Waals surface area contributed by atoms with E-state index in [0.717, 1.165) is 37.6 Å². The minimum Gasteiger partial charge on any atom is -0.494 e. The third-order valence-corrected chi connectivity index (χ3v) is 4.45. The van der Waals surface area contributed by atoms with Crippen LogP contribution in [0, 0.1) is 0 Å². The van der Waals surface area contributed by atoms with E-state index < -0.39 is 0 Å². The third-order valence-electron chi connectivity index (χ3n) is 4.45. The molecule has 24 heavy (non-hydrogen) atoms. The molecular weight excluding hydrogens is 300 g/mol. The zero-order valence-corrected chi connectivity index (χ0v) is 15.1. The van der Waals surface area contributed by atoms with Gasteiger partial charge in [-0.15, -0.1) is 0 Å². The van der Waals surface area contributed by atoms with Crippen molar-refractivity contribution in [2.24, 2.45) is 0 Å². The summed E-state index contributed by atoms with van der Waals surface area (Å²) >= 11 is 0. The number of hydrogen-bond donors (Lipinski definition) is 1. The predicted molar refractivity (Wildman–Crippen MR) is 99.6 cm³/mol. The number of amides is 1. The maximum Gasteiger partial charge on any atom is 0.238 e. The summed E-state index contributed by atoms with van der Waals surface area (Å²) in [7, 11) is 0. The van der Waals surface area contributed by atoms with Crippen molar-refractivity contribution >= 4 is 11.6 Å². The highest BCUT2D eigenvalue weighted by Crippen LogP contribution is 2.18. The number of benzene rings is 1. The molecular formula is C20H32N2O2. The molecule has 0 unspecified atom stereocenters. The summed E-state index contributed by atoms with van der Waals surface area (Å²) in [6.07, 6.45) is 9.86. The van der Waals surface area contributed by atoms with Crippen LogP contribution in [0.4, 0.5) is 5.69 Å². The Bertz CT molecular complexity index is 484. The zero-order chi connectivity index (χ0) is 17.0. The predicted octanol–water partition coefficient (Wildman–Crippen LogP) is 4.46. The van der Waals surface area contributed by atoms with Gasteiger partial charge in [0.25, 0.3) is 0 Å². The van der Waals surface area contributed by atoms with Crippen LogP contribution in [-0.4, -0.2) is 37.0 Å². The second kappa shape index (κ2) is 11.1. The summed E-state index contributed by atoms with van der Waals surface area (Å²) in [5, 5.41) is 2.99. The number of rotatable bonds is 10. The number of carbonyl (C=O) groups is 1. The standard InChI is InChI=1S/C20H32N2O2/c1-2-3-4-5-9-15-24-19-12-10-11-18(16-19)21-20(23)17-22-13-7-6-8-14-22/h10-12,16H,2-9,13-15,17H2,1H3,(H,21,23). The van der Waals surface area contributed by atoms with Crippen molar-refractivity contribution in [1.29, 1.82) is 0 Å². The monoisotopic (exact) mass is 332 g/mol. The van der Waals surface area contributed by atoms with Crippen molar-refractivity contribution in [3.8, 4) is 5.75 Å². The second-order valence-electron chi connectivity index (χ2n) is 6.68. The van der Waals surface area contributed by atoms with Crippen LogP contribution >= 0.6 is 0 Å². The molecule has 0 spiro atoms. The van der Waals surface area contributed by atoms with E-state index in [9.17, 15) is 4.79 Å². The van der Waals surface area contributed by atoms with Crippen LogP contribution in [0.2, 0.25) is 0 Å². The van der Waals surface area contributed by atoms with Crippen LogP contribution in [0.15, 0.2) is 24.3 Å². The van der Waals surface area contributed by atoms with Crippen LogP contribution in [0.25, 0.3) is 0 Å². The van der Waals surface area contributed by atoms with E-state index in [1.165, 1.54) is 44.9 Å². The van der Waals surface area contributed by atoms with Crippen molar-refractivity contribution in [2.75, 3.05) is 31.6 Å². The molecule has 1 saturated heterocycles. The number of piperidine rings is 1. The van der Waals surface area contributed by atoms with Crippen LogP contribution in [-0.2, 0) is 4.79 Å². The third kappa shape index (κ3) is 7.35. The van der Waals surface area contributed by atoms with E-state index in [1.807, 2.05) is 24.3 Å². The molecule has 2 rings (SSSR count). The number of nitrogens with one attached hydrogen (secondary N) is 1. The van der Waals surface area contributed by atoms with Gasteiger partial charge in [0.2, 0.25) is 5.91 Å². The molecule has 1 aliphatic heterocycles. The van der Waals surface area contributed by atoms with E-state index in [2.05, 4.69) is 17.1 Å². The molecule has 134 valence electrons. The molecule has 4 nitrogen and oxygen atoms in total. The first kappa shape index (κ1) is 18.8. The lowest BCUT2D eigenvalue weighted by atomic mass is 10.1. The molecule has 0 atom stereocenters. The summed E-state index contributed by atoms with van der Waals surface area (Å²) in [5.74, 6) is 0.898. The number of carbonyl (C=O) groups excluding carboxylic acids is 1. The van der Waals surface area contributed by atoms with Gasteiger partial charge in [0.1, 0.15) is 5.75 Å². The van der Waals surface area contributed by atoms with Crippen LogP contribution in [0.5, 0.6) is 5.75 Å². The molecule has 1 aromatic rings. The lowest BCUT2D eigenvalue weighted by Gasteiger charge is -2.25. The van der Waals surface area contributed by atoms with Crippen molar-refractivity contribution in [3.63, 3.8) is 0 Å². The van der Waals surface area contributed by atoms with Crippen molar-refractivity contribution in [2.45, 2.75) is 58.3 Å². The van der Waals surface area contributed by atoms with E-state index in [4.69, 9.17) is 4.74 Å². The van der Waals surface area contributed by atoms with Gasteiger partial charge in [-0.3, -0.25) is 9.69 Å². The molecule has 1 amide bonds. The second-order valence-corrected chi connectivity index (χ2v) is 6.68. The number of unbranched alkanes of at least 4 members (excludes halogenated alkanes) is 4. The smallest absolute Gasteiger partial charge is 0.238 e. The maximum absolute atomic E-state index is 12.2. The number of ether oxygens (including phenoxy) is 1. The quantitative estimate of drug-likeness (QED) is 0.643. The number of likely N-dealkylation sites (tertiary alicyclic amines) is 1. The normalized spacial score (nSPS) is 15.2. The van der Waals surface area contributed by atoms with Gasteiger partial charge in [-0.1, -0.05) is 45.1 Å². The molecule has 0 radical (unpaired) electrons. The minimum atomic E-state index is 0.0635. The fourth-order valence-electron chi connectivity index (χ4n) is 3.08. The highest BCUT2D eigenvalue weighted by atomic mass is 16.5. The van der Waals surface area contributed by atoms with Crippen LogP contribution < -0.4 is 10.1 Å². The van der Waals surface area contributed by atoms with Gasteiger partial charge in [0.15, 0.2) is 0 Å². The summed E-state index contributed by atoms with van der Waals surface area (Å²) in [6.45, 7) is 5.53. The molecule has 0 bridgehead atoms.